The number of amides is 1. The number of hydrogen-bond acceptors (Lipinski definition) is 1. The fourth-order valence-corrected chi connectivity index (χ4v) is 1.55. The molecule has 86 valence electrons. The monoisotopic (exact) mass is 273 g/mol. The molecule has 1 N–H and O–H groups in total. The van der Waals surface area contributed by atoms with Crippen molar-refractivity contribution in [3.63, 3.8) is 0 Å². The molecule has 1 amide bonds. The molecule has 0 aliphatic carbocycles. The molecule has 0 bridgehead atoms. The van der Waals surface area contributed by atoms with Crippen LogP contribution in [0.5, 0.6) is 0 Å². The molecule has 0 heterocycles. The topological polar surface area (TPSA) is 29.1 Å². The molecule has 0 unspecified atom stereocenters. The van der Waals surface area contributed by atoms with Gasteiger partial charge in [0.2, 0.25) is 0 Å². The second-order valence-corrected chi connectivity index (χ2v) is 3.99. The Balaban J connectivity index is 3.10. The second-order valence-electron chi connectivity index (χ2n) is 3.60. The van der Waals surface area contributed by atoms with E-state index in [0.717, 1.165) is 13.0 Å². The van der Waals surface area contributed by atoms with Crippen LogP contribution in [0.25, 0.3) is 0 Å². The fourth-order valence-electron chi connectivity index (χ4n) is 1.37. The van der Waals surface area contributed by atoms with E-state index in [2.05, 4.69) is 38.9 Å². The summed E-state index contributed by atoms with van der Waals surface area (Å²) in [4.78, 5) is 13.3. The van der Waals surface area contributed by atoms with Gasteiger partial charge in [-0.05, 0) is 11.3 Å². The number of carbonyl (C=O) groups is 1. The lowest BCUT2D eigenvalue weighted by Crippen LogP contribution is -2.22. The third-order valence-corrected chi connectivity index (χ3v) is 2.42. The maximum Gasteiger partial charge on any atom is 0.296 e. The first kappa shape index (κ1) is 14.5. The Kier molecular flexibility index (Phi) is 11.2. The third-order valence-electron chi connectivity index (χ3n) is 2.23. The molecule has 0 aliphatic heterocycles. The van der Waals surface area contributed by atoms with Crippen molar-refractivity contribution in [3.8, 4) is 10.8 Å². The highest BCUT2D eigenvalue weighted by Crippen LogP contribution is 2.06. The number of hydrogen-bond donors (Lipinski definition) is 1. The Hall–Kier alpha value is -0.490. The van der Waals surface area contributed by atoms with Gasteiger partial charge in [-0.3, -0.25) is 4.79 Å². The van der Waals surface area contributed by atoms with Gasteiger partial charge in [0, 0.05) is 28.4 Å². The van der Waals surface area contributed by atoms with Gasteiger partial charge < -0.3 is 5.32 Å². The van der Waals surface area contributed by atoms with Crippen molar-refractivity contribution in [2.75, 3.05) is 6.54 Å². The molecule has 0 rings (SSSR count). The molecule has 0 aromatic carbocycles. The quantitative estimate of drug-likeness (QED) is 0.534. The Morgan fingerprint density at radius 2 is 1.73 bits per heavy atom. The van der Waals surface area contributed by atoms with E-state index >= 15 is 0 Å². The average molecular weight is 274 g/mol. The predicted molar refractivity (Wildman–Crippen MR) is 67.7 cm³/mol. The molecule has 0 aliphatic rings. The summed E-state index contributed by atoms with van der Waals surface area (Å²) in [5, 5.41) is 2.74. The Morgan fingerprint density at radius 3 is 2.33 bits per heavy atom. The molecule has 0 spiro atoms. The molecule has 0 aromatic rings. The molecule has 0 saturated heterocycles. The van der Waals surface area contributed by atoms with Crippen molar-refractivity contribution >= 4 is 21.8 Å². The largest absolute Gasteiger partial charge is 0.345 e. The highest BCUT2D eigenvalue weighted by Gasteiger charge is 1.94. The van der Waals surface area contributed by atoms with E-state index in [0.29, 0.717) is 0 Å². The van der Waals surface area contributed by atoms with Crippen LogP contribution in [0.3, 0.4) is 0 Å². The lowest BCUT2D eigenvalue weighted by molar-refractivity contribution is -0.115. The van der Waals surface area contributed by atoms with Crippen molar-refractivity contribution in [1.82, 2.24) is 5.32 Å². The van der Waals surface area contributed by atoms with Crippen LogP contribution < -0.4 is 5.32 Å². The van der Waals surface area contributed by atoms with Gasteiger partial charge in [0.05, 0.1) is 0 Å². The van der Waals surface area contributed by atoms with E-state index < -0.39 is 0 Å². The Bertz CT molecular complexity index is 217. The Morgan fingerprint density at radius 1 is 1.13 bits per heavy atom. The van der Waals surface area contributed by atoms with E-state index in [1.54, 1.807) is 0 Å². The molecule has 15 heavy (non-hydrogen) atoms. The standard InChI is InChI=1S/C12H20BrNO/c1-2-3-4-5-6-7-8-11-14-12(15)9-10-13/h2-8,11H2,1H3,(H,14,15). The minimum absolute atomic E-state index is 0.196. The number of halogens is 1. The molecular weight excluding hydrogens is 254 g/mol. The fraction of sp³-hybridized carbons (Fsp3) is 0.750. The minimum Gasteiger partial charge on any atom is -0.345 e. The summed E-state index contributed by atoms with van der Waals surface area (Å²) in [6.07, 6.45) is 8.84. The summed E-state index contributed by atoms with van der Waals surface area (Å²) in [6.45, 7) is 2.97. The highest BCUT2D eigenvalue weighted by molar-refractivity contribution is 9.12. The second kappa shape index (κ2) is 11.6. The maximum atomic E-state index is 10.9. The van der Waals surface area contributed by atoms with Crippen molar-refractivity contribution in [2.45, 2.75) is 51.9 Å². The first-order chi connectivity index (χ1) is 7.31. The summed E-state index contributed by atoms with van der Waals surface area (Å²) >= 11 is 2.89. The van der Waals surface area contributed by atoms with Crippen LogP contribution in [-0.4, -0.2) is 12.5 Å². The molecule has 0 radical (unpaired) electrons. The van der Waals surface area contributed by atoms with Crippen LogP contribution in [0.1, 0.15) is 51.9 Å². The summed E-state index contributed by atoms with van der Waals surface area (Å²) < 4.78 is 0. The van der Waals surface area contributed by atoms with E-state index in [9.17, 15) is 4.79 Å². The SMILES string of the molecule is CCCCCCCCCNC(=O)C#CBr. The van der Waals surface area contributed by atoms with Gasteiger partial charge in [-0.1, -0.05) is 45.4 Å². The van der Waals surface area contributed by atoms with Crippen LogP contribution >= 0.6 is 15.9 Å². The summed E-state index contributed by atoms with van der Waals surface area (Å²) in [6, 6.07) is 0. The normalized spacial score (nSPS) is 9.20. The zero-order chi connectivity index (χ0) is 11.4. The van der Waals surface area contributed by atoms with Gasteiger partial charge in [-0.25, -0.2) is 0 Å². The molecule has 3 heteroatoms. The summed E-state index contributed by atoms with van der Waals surface area (Å²) in [7, 11) is 0. The van der Waals surface area contributed by atoms with Crippen LogP contribution in [-0.2, 0) is 4.79 Å². The number of nitrogens with one attached hydrogen (secondary N) is 1. The lowest BCUT2D eigenvalue weighted by Gasteiger charge is -2.01. The number of carbonyl (C=O) groups excluding carboxylic acids is 1. The average Bonchev–Trinajstić information content (AvgIpc) is 2.22. The van der Waals surface area contributed by atoms with Crippen LogP contribution in [0.4, 0.5) is 0 Å². The van der Waals surface area contributed by atoms with E-state index in [1.807, 2.05) is 0 Å². The van der Waals surface area contributed by atoms with Crippen LogP contribution in [0, 0.1) is 10.8 Å². The van der Waals surface area contributed by atoms with E-state index in [1.165, 1.54) is 38.5 Å². The van der Waals surface area contributed by atoms with Gasteiger partial charge in [-0.2, -0.15) is 0 Å². The van der Waals surface area contributed by atoms with E-state index in [-0.39, 0.29) is 5.91 Å². The minimum atomic E-state index is -0.196. The van der Waals surface area contributed by atoms with Crippen LogP contribution in [0.15, 0.2) is 0 Å². The smallest absolute Gasteiger partial charge is 0.296 e. The number of unbranched alkanes of at least 4 members (excludes halogenated alkanes) is 6. The van der Waals surface area contributed by atoms with Gasteiger partial charge in [0.15, 0.2) is 0 Å². The number of rotatable bonds is 8. The van der Waals surface area contributed by atoms with Crippen molar-refractivity contribution < 1.29 is 4.79 Å². The molecule has 2 nitrogen and oxygen atoms in total. The van der Waals surface area contributed by atoms with Crippen molar-refractivity contribution in [3.05, 3.63) is 0 Å². The van der Waals surface area contributed by atoms with E-state index in [4.69, 9.17) is 0 Å². The first-order valence-corrected chi connectivity index (χ1v) is 6.50. The highest BCUT2D eigenvalue weighted by atomic mass is 79.9. The zero-order valence-electron chi connectivity index (χ0n) is 9.44. The summed E-state index contributed by atoms with van der Waals surface area (Å²) in [5.41, 5.74) is 0. The summed E-state index contributed by atoms with van der Waals surface area (Å²) in [5.74, 6) is 2.18. The molecular formula is C12H20BrNO. The third kappa shape index (κ3) is 11.4. The Labute approximate surface area is 101 Å². The van der Waals surface area contributed by atoms with Crippen molar-refractivity contribution in [2.24, 2.45) is 0 Å². The molecule has 0 saturated carbocycles. The van der Waals surface area contributed by atoms with Gasteiger partial charge in [0.1, 0.15) is 0 Å². The first-order valence-electron chi connectivity index (χ1n) is 5.70. The van der Waals surface area contributed by atoms with Crippen LogP contribution in [0.2, 0.25) is 0 Å². The lowest BCUT2D eigenvalue weighted by atomic mass is 10.1. The van der Waals surface area contributed by atoms with Gasteiger partial charge >= 0.3 is 0 Å². The van der Waals surface area contributed by atoms with Crippen molar-refractivity contribution in [1.29, 1.82) is 0 Å². The molecule has 0 aromatic heterocycles. The molecule has 0 atom stereocenters. The van der Waals surface area contributed by atoms with Gasteiger partial charge in [0.25, 0.3) is 5.91 Å². The predicted octanol–water partition coefficient (Wildman–Crippen LogP) is 3.21. The zero-order valence-corrected chi connectivity index (χ0v) is 11.0. The maximum absolute atomic E-state index is 10.9. The van der Waals surface area contributed by atoms with Gasteiger partial charge in [-0.15, -0.1) is 0 Å². The molecule has 0 fully saturated rings.